The molecule has 0 atom stereocenters. The molecule has 0 saturated heterocycles. The summed E-state index contributed by atoms with van der Waals surface area (Å²) in [5.41, 5.74) is 1.98. The van der Waals surface area contributed by atoms with Gasteiger partial charge < -0.3 is 14.6 Å². The number of nitriles is 1. The molecule has 0 spiro atoms. The molecule has 0 aliphatic rings. The number of rotatable bonds is 7. The van der Waals surface area contributed by atoms with Crippen molar-refractivity contribution in [3.05, 3.63) is 60.3 Å². The number of ether oxygens (including phenoxy) is 1. The number of methoxy groups -OCH3 is 1. The smallest absolute Gasteiger partial charge is 0.248 e. The van der Waals surface area contributed by atoms with Crippen molar-refractivity contribution in [3.63, 3.8) is 0 Å². The lowest BCUT2D eigenvalue weighted by Crippen LogP contribution is -2.14. The number of hydrogen-bond donors (Lipinski definition) is 2. The minimum atomic E-state index is -3.92. The van der Waals surface area contributed by atoms with Gasteiger partial charge in [-0.1, -0.05) is 18.2 Å². The second-order valence-corrected chi connectivity index (χ2v) is 7.99. The highest BCUT2D eigenvalue weighted by Gasteiger charge is 2.13. The van der Waals surface area contributed by atoms with E-state index in [1.165, 1.54) is 31.4 Å². The topological polar surface area (TPSA) is 127 Å². The third-order valence-corrected chi connectivity index (χ3v) is 5.37. The Morgan fingerprint density at radius 1 is 1.30 bits per heavy atom. The minimum Gasteiger partial charge on any atom is -0.495 e. The largest absolute Gasteiger partial charge is 0.495 e. The fraction of sp³-hybridized carbons (Fsp3) is 0.143. The summed E-state index contributed by atoms with van der Waals surface area (Å²) in [5, 5.41) is 17.6. The van der Waals surface area contributed by atoms with Gasteiger partial charge in [-0.05, 0) is 30.3 Å². The number of aryl methyl sites for hydroxylation is 1. The van der Waals surface area contributed by atoms with E-state index in [-0.39, 0.29) is 10.6 Å². The molecule has 0 fully saturated rings. The number of nitrogens with two attached hydrogens (primary N) is 1. The van der Waals surface area contributed by atoms with Crippen molar-refractivity contribution >= 4 is 38.6 Å². The molecule has 30 heavy (non-hydrogen) atoms. The van der Waals surface area contributed by atoms with Crippen LogP contribution in [0.25, 0.3) is 17.0 Å². The van der Waals surface area contributed by atoms with Crippen LogP contribution >= 0.6 is 0 Å². The van der Waals surface area contributed by atoms with Gasteiger partial charge in [-0.2, -0.15) is 5.26 Å². The number of carbonyl (C=O) groups is 1. The fourth-order valence-electron chi connectivity index (χ4n) is 3.07. The van der Waals surface area contributed by atoms with Gasteiger partial charge in [0.05, 0.1) is 30.2 Å². The van der Waals surface area contributed by atoms with Crippen LogP contribution in [0.15, 0.2) is 59.6 Å². The molecular weight excluding hydrogens is 404 g/mol. The summed E-state index contributed by atoms with van der Waals surface area (Å²) < 4.78 is 30.3. The summed E-state index contributed by atoms with van der Waals surface area (Å²) in [5.74, 6) is -0.161. The first kappa shape index (κ1) is 21.1. The lowest BCUT2D eigenvalue weighted by atomic mass is 10.1. The van der Waals surface area contributed by atoms with Crippen LogP contribution in [-0.2, 0) is 21.4 Å². The van der Waals surface area contributed by atoms with Gasteiger partial charge in [-0.3, -0.25) is 4.79 Å². The maximum Gasteiger partial charge on any atom is 0.248 e. The molecule has 2 aromatic carbocycles. The Morgan fingerprint density at radius 2 is 2.07 bits per heavy atom. The number of nitrogens with one attached hydrogen (secondary N) is 1. The van der Waals surface area contributed by atoms with Crippen LogP contribution in [-0.4, -0.2) is 26.0 Å². The first-order valence-corrected chi connectivity index (χ1v) is 10.5. The zero-order chi connectivity index (χ0) is 21.7. The zero-order valence-corrected chi connectivity index (χ0v) is 17.0. The molecule has 0 aliphatic carbocycles. The van der Waals surface area contributed by atoms with Crippen molar-refractivity contribution in [2.75, 3.05) is 12.4 Å². The van der Waals surface area contributed by atoms with Crippen LogP contribution < -0.4 is 15.2 Å². The number of fused-ring (bicyclic) bond motifs is 1. The van der Waals surface area contributed by atoms with Crippen molar-refractivity contribution in [2.24, 2.45) is 5.14 Å². The molecule has 0 aliphatic heterocycles. The van der Waals surface area contributed by atoms with Gasteiger partial charge in [0.15, 0.2) is 0 Å². The number of aromatic nitrogens is 1. The molecule has 0 saturated carbocycles. The summed E-state index contributed by atoms with van der Waals surface area (Å²) in [7, 11) is -2.51. The zero-order valence-electron chi connectivity index (χ0n) is 16.2. The van der Waals surface area contributed by atoms with Gasteiger partial charge in [0.1, 0.15) is 5.75 Å². The number of primary sulfonamides is 1. The van der Waals surface area contributed by atoms with E-state index < -0.39 is 15.9 Å². The summed E-state index contributed by atoms with van der Waals surface area (Å²) in [4.78, 5) is 12.3. The maximum atomic E-state index is 12.4. The lowest BCUT2D eigenvalue weighted by Gasteiger charge is -2.10. The van der Waals surface area contributed by atoms with Crippen LogP contribution in [0.2, 0.25) is 0 Å². The molecule has 1 amide bonds. The van der Waals surface area contributed by atoms with Crippen molar-refractivity contribution in [1.82, 2.24) is 4.57 Å². The third kappa shape index (κ3) is 4.68. The standard InChI is InChI=1S/C21H20N4O4S/c1-29-20-9-8-16(30(23,27)28)13-18(20)24-21(26)10-7-15-14-25(12-4-11-22)19-6-3-2-5-17(15)19/h2-3,5-10,13-14H,4,12H2,1H3,(H,24,26)(H2,23,27,28)/b10-7+. The van der Waals surface area contributed by atoms with Gasteiger partial charge in [0, 0.05) is 35.3 Å². The van der Waals surface area contributed by atoms with Crippen molar-refractivity contribution in [2.45, 2.75) is 17.9 Å². The lowest BCUT2D eigenvalue weighted by molar-refractivity contribution is -0.111. The molecule has 3 N–H and O–H groups in total. The highest BCUT2D eigenvalue weighted by atomic mass is 32.2. The van der Waals surface area contributed by atoms with E-state index in [9.17, 15) is 13.2 Å². The number of benzene rings is 2. The summed E-state index contributed by atoms with van der Waals surface area (Å²) in [6.45, 7) is 0.550. The van der Waals surface area contributed by atoms with Gasteiger partial charge in [-0.15, -0.1) is 0 Å². The highest BCUT2D eigenvalue weighted by molar-refractivity contribution is 7.89. The third-order valence-electron chi connectivity index (χ3n) is 4.46. The van der Waals surface area contributed by atoms with Gasteiger partial charge in [-0.25, -0.2) is 13.6 Å². The van der Waals surface area contributed by atoms with Gasteiger partial charge in [0.2, 0.25) is 15.9 Å². The molecule has 0 unspecified atom stereocenters. The first-order valence-electron chi connectivity index (χ1n) is 8.98. The second kappa shape index (κ2) is 8.82. The number of carbonyl (C=O) groups excluding carboxylic acids is 1. The van der Waals surface area contributed by atoms with Crippen LogP contribution in [0.4, 0.5) is 5.69 Å². The molecule has 1 aromatic heterocycles. The average molecular weight is 424 g/mol. The summed E-state index contributed by atoms with van der Waals surface area (Å²) >= 11 is 0. The Bertz CT molecular complexity index is 1270. The van der Waals surface area contributed by atoms with E-state index in [1.54, 1.807) is 6.08 Å². The maximum absolute atomic E-state index is 12.4. The quantitative estimate of drug-likeness (QED) is 0.564. The molecule has 8 nitrogen and oxygen atoms in total. The van der Waals surface area contributed by atoms with Gasteiger partial charge >= 0.3 is 0 Å². The highest BCUT2D eigenvalue weighted by Crippen LogP contribution is 2.27. The Kier molecular flexibility index (Phi) is 6.20. The van der Waals surface area contributed by atoms with E-state index in [0.717, 1.165) is 16.5 Å². The predicted octanol–water partition coefficient (Wildman–Crippen LogP) is 2.86. The number of anilines is 1. The Hall–Kier alpha value is -3.61. The van der Waals surface area contributed by atoms with Crippen LogP contribution in [0.1, 0.15) is 12.0 Å². The fourth-order valence-corrected chi connectivity index (χ4v) is 3.60. The van der Waals surface area contributed by atoms with Gasteiger partial charge in [0.25, 0.3) is 0 Å². The van der Waals surface area contributed by atoms with Crippen molar-refractivity contribution in [1.29, 1.82) is 5.26 Å². The molecule has 154 valence electrons. The Morgan fingerprint density at radius 3 is 2.77 bits per heavy atom. The monoisotopic (exact) mass is 424 g/mol. The van der Waals surface area contributed by atoms with Crippen LogP contribution in [0.3, 0.4) is 0 Å². The minimum absolute atomic E-state index is 0.136. The number of amides is 1. The predicted molar refractivity (Wildman–Crippen MR) is 114 cm³/mol. The average Bonchev–Trinajstić information content (AvgIpc) is 3.08. The van der Waals surface area contributed by atoms with Crippen LogP contribution in [0.5, 0.6) is 5.75 Å². The second-order valence-electron chi connectivity index (χ2n) is 6.43. The molecule has 1 heterocycles. The Balaban J connectivity index is 1.86. The van der Waals surface area contributed by atoms with E-state index >= 15 is 0 Å². The number of nitrogens with zero attached hydrogens (tertiary/aromatic N) is 2. The Labute approximate surface area is 174 Å². The molecule has 9 heteroatoms. The number of para-hydroxylation sites is 1. The van der Waals surface area contributed by atoms with E-state index in [0.29, 0.717) is 18.7 Å². The molecule has 0 radical (unpaired) electrons. The normalized spacial score (nSPS) is 11.5. The summed E-state index contributed by atoms with van der Waals surface area (Å²) in [6.07, 6.45) is 5.27. The molecule has 3 aromatic rings. The molecular formula is C21H20N4O4S. The van der Waals surface area contributed by atoms with E-state index in [2.05, 4.69) is 11.4 Å². The SMILES string of the molecule is COc1ccc(S(N)(=O)=O)cc1NC(=O)/C=C/c1cn(CCC#N)c2ccccc12. The molecule has 0 bridgehead atoms. The van der Waals surface area contributed by atoms with E-state index in [4.69, 9.17) is 15.1 Å². The summed E-state index contributed by atoms with van der Waals surface area (Å²) in [6, 6.07) is 13.8. The number of hydrogen-bond acceptors (Lipinski definition) is 5. The van der Waals surface area contributed by atoms with Crippen molar-refractivity contribution < 1.29 is 17.9 Å². The van der Waals surface area contributed by atoms with Crippen molar-refractivity contribution in [3.8, 4) is 11.8 Å². The molecule has 3 rings (SSSR count). The van der Waals surface area contributed by atoms with Crippen LogP contribution in [0, 0.1) is 11.3 Å². The number of sulfonamides is 1. The van der Waals surface area contributed by atoms with E-state index in [1.807, 2.05) is 35.0 Å². The first-order chi connectivity index (χ1) is 14.3.